The molecule has 0 saturated carbocycles. The number of nitrogens with one attached hydrogen (secondary N) is 2. The van der Waals surface area contributed by atoms with Crippen LogP contribution in [-0.2, 0) is 10.0 Å². The molecule has 0 aliphatic carbocycles. The molecule has 1 aromatic heterocycles. The summed E-state index contributed by atoms with van der Waals surface area (Å²) in [4.78, 5) is 13.9. The topological polar surface area (TPSA) is 121 Å². The first-order valence-corrected chi connectivity index (χ1v) is 8.92. The summed E-state index contributed by atoms with van der Waals surface area (Å²) < 4.78 is 38.2. The molecule has 0 unspecified atom stereocenters. The molecule has 8 nitrogen and oxygen atoms in total. The van der Waals surface area contributed by atoms with Gasteiger partial charge in [-0.3, -0.25) is 4.72 Å². The third kappa shape index (κ3) is 3.04. The molecule has 2 N–H and O–H groups in total. The van der Waals surface area contributed by atoms with E-state index in [-0.39, 0.29) is 22.0 Å². The molecule has 9 heteroatoms. The van der Waals surface area contributed by atoms with Gasteiger partial charge in [0.25, 0.3) is 10.0 Å². The van der Waals surface area contributed by atoms with Crippen molar-refractivity contribution in [3.05, 3.63) is 48.2 Å². The van der Waals surface area contributed by atoms with Crippen LogP contribution in [0, 0.1) is 0 Å². The van der Waals surface area contributed by atoms with Crippen LogP contribution in [0.2, 0.25) is 0 Å². The first kappa shape index (κ1) is 17.6. The number of fused-ring (bicyclic) bond motifs is 1. The van der Waals surface area contributed by atoms with E-state index in [0.29, 0.717) is 16.7 Å². The molecule has 136 valence electrons. The van der Waals surface area contributed by atoms with Gasteiger partial charge in [0.05, 0.1) is 31.6 Å². The number of benzene rings is 2. The van der Waals surface area contributed by atoms with Crippen LogP contribution < -0.4 is 19.3 Å². The summed E-state index contributed by atoms with van der Waals surface area (Å²) in [5.41, 5.74) is 0.00632. The predicted octanol–water partition coefficient (Wildman–Crippen LogP) is 1.35. The van der Waals surface area contributed by atoms with E-state index < -0.39 is 16.0 Å². The lowest BCUT2D eigenvalue weighted by Gasteiger charge is -2.13. The van der Waals surface area contributed by atoms with E-state index in [4.69, 9.17) is 9.47 Å². The predicted molar refractivity (Wildman–Crippen MR) is 93.0 cm³/mol. The van der Waals surface area contributed by atoms with Crippen molar-refractivity contribution in [2.75, 3.05) is 18.9 Å². The fourth-order valence-corrected chi connectivity index (χ4v) is 3.83. The van der Waals surface area contributed by atoms with Gasteiger partial charge in [-0.2, -0.15) is 0 Å². The first-order chi connectivity index (χ1) is 12.4. The summed E-state index contributed by atoms with van der Waals surface area (Å²) >= 11 is 0. The fourth-order valence-electron chi connectivity index (χ4n) is 2.59. The molecule has 3 aromatic rings. The van der Waals surface area contributed by atoms with Crippen molar-refractivity contribution in [3.8, 4) is 11.5 Å². The van der Waals surface area contributed by atoms with Gasteiger partial charge in [-0.15, -0.1) is 0 Å². The van der Waals surface area contributed by atoms with Crippen LogP contribution >= 0.6 is 0 Å². The number of sulfonamides is 1. The van der Waals surface area contributed by atoms with Gasteiger partial charge < -0.3 is 24.4 Å². The molecule has 0 saturated heterocycles. The van der Waals surface area contributed by atoms with E-state index in [0.717, 1.165) is 0 Å². The average molecular weight is 375 g/mol. The zero-order chi connectivity index (χ0) is 18.9. The third-order valence-corrected chi connectivity index (χ3v) is 5.20. The maximum absolute atomic E-state index is 12.8. The number of aromatic carboxylic acids is 1. The molecule has 2 aromatic carbocycles. The summed E-state index contributed by atoms with van der Waals surface area (Å²) in [5.74, 6) is -1.05. The highest BCUT2D eigenvalue weighted by molar-refractivity contribution is 7.92. The van der Waals surface area contributed by atoms with Crippen molar-refractivity contribution < 1.29 is 27.8 Å². The van der Waals surface area contributed by atoms with Crippen molar-refractivity contribution >= 4 is 32.6 Å². The molecule has 0 radical (unpaired) electrons. The molecule has 0 atom stereocenters. The molecule has 3 rings (SSSR count). The second-order valence-corrected chi connectivity index (χ2v) is 6.98. The lowest BCUT2D eigenvalue weighted by Crippen LogP contribution is -2.25. The highest BCUT2D eigenvalue weighted by Gasteiger charge is 2.24. The number of hydrogen-bond donors (Lipinski definition) is 2. The van der Waals surface area contributed by atoms with Crippen LogP contribution in [0.5, 0.6) is 11.5 Å². The second-order valence-electron chi connectivity index (χ2n) is 5.33. The number of methoxy groups -OCH3 is 2. The van der Waals surface area contributed by atoms with Gasteiger partial charge >= 0.3 is 0 Å². The van der Waals surface area contributed by atoms with Gasteiger partial charge in [-0.25, -0.2) is 8.42 Å². The van der Waals surface area contributed by atoms with Crippen molar-refractivity contribution in [1.82, 2.24) is 4.98 Å². The Morgan fingerprint density at radius 1 is 1.12 bits per heavy atom. The number of carbonyl (C=O) groups excluding carboxylic acids is 1. The van der Waals surface area contributed by atoms with Crippen LogP contribution in [0.15, 0.2) is 47.4 Å². The van der Waals surface area contributed by atoms with Gasteiger partial charge in [0, 0.05) is 17.0 Å². The molecular weight excluding hydrogens is 360 g/mol. The number of rotatable bonds is 6. The fraction of sp³-hybridized carbons (Fsp3) is 0.118. The smallest absolute Gasteiger partial charge is 0.265 e. The Labute approximate surface area is 149 Å². The maximum atomic E-state index is 12.8. The number of para-hydroxylation sites is 1. The SMILES string of the molecule is COc1ccc(S(=O)(=O)Nc2c(C(=O)[O-])[nH]c3ccccc23)c(OC)c1. The second kappa shape index (κ2) is 6.60. The Hall–Kier alpha value is -3.20. The van der Waals surface area contributed by atoms with Crippen molar-refractivity contribution in [3.63, 3.8) is 0 Å². The number of carboxylic acid groups (broad SMARTS) is 1. The Morgan fingerprint density at radius 3 is 2.50 bits per heavy atom. The molecule has 0 bridgehead atoms. The summed E-state index contributed by atoms with van der Waals surface area (Å²) in [7, 11) is -1.37. The number of aromatic amines is 1. The van der Waals surface area contributed by atoms with Gasteiger partial charge in [0.1, 0.15) is 16.4 Å². The molecule has 0 aliphatic heterocycles. The summed E-state index contributed by atoms with van der Waals surface area (Å²) in [5, 5.41) is 11.8. The maximum Gasteiger partial charge on any atom is 0.265 e. The lowest BCUT2D eigenvalue weighted by molar-refractivity contribution is -0.255. The first-order valence-electron chi connectivity index (χ1n) is 7.44. The van der Waals surface area contributed by atoms with Crippen LogP contribution in [0.25, 0.3) is 10.9 Å². The average Bonchev–Trinajstić information content (AvgIpc) is 2.99. The number of aromatic nitrogens is 1. The summed E-state index contributed by atoms with van der Waals surface area (Å²) in [6, 6.07) is 10.8. The molecule has 0 aliphatic rings. The number of carbonyl (C=O) groups is 1. The van der Waals surface area contributed by atoms with Crippen LogP contribution in [0.1, 0.15) is 10.5 Å². The number of H-pyrrole nitrogens is 1. The molecule has 0 amide bonds. The highest BCUT2D eigenvalue weighted by Crippen LogP contribution is 2.33. The van der Waals surface area contributed by atoms with Crippen molar-refractivity contribution in [2.24, 2.45) is 0 Å². The van der Waals surface area contributed by atoms with Crippen LogP contribution in [0.4, 0.5) is 5.69 Å². The quantitative estimate of drug-likeness (QED) is 0.671. The molecule has 0 fully saturated rings. The zero-order valence-corrected chi connectivity index (χ0v) is 14.7. The van der Waals surface area contributed by atoms with E-state index in [1.54, 1.807) is 24.3 Å². The highest BCUT2D eigenvalue weighted by atomic mass is 32.2. The van der Waals surface area contributed by atoms with Gasteiger partial charge in [-0.05, 0) is 18.2 Å². The monoisotopic (exact) mass is 375 g/mol. The minimum atomic E-state index is -4.14. The minimum Gasteiger partial charge on any atom is -0.543 e. The van der Waals surface area contributed by atoms with Crippen LogP contribution in [-0.4, -0.2) is 33.6 Å². The van der Waals surface area contributed by atoms with Gasteiger partial charge in [-0.1, -0.05) is 18.2 Å². The van der Waals surface area contributed by atoms with Crippen molar-refractivity contribution in [1.29, 1.82) is 0 Å². The minimum absolute atomic E-state index is 0.0618. The summed E-state index contributed by atoms with van der Waals surface area (Å²) in [6.07, 6.45) is 0. The standard InChI is InChI=1S/C17H16N2O6S/c1-24-10-7-8-14(13(9-10)25-2)26(22,23)19-15-11-5-3-4-6-12(11)18-16(15)17(20)21/h3-9,18-19H,1-2H3,(H,20,21)/p-1. The Balaban J connectivity index is 2.13. The zero-order valence-electron chi connectivity index (χ0n) is 13.9. The van der Waals surface area contributed by atoms with E-state index >= 15 is 0 Å². The van der Waals surface area contributed by atoms with E-state index in [9.17, 15) is 18.3 Å². The lowest BCUT2D eigenvalue weighted by atomic mass is 10.2. The van der Waals surface area contributed by atoms with E-state index in [2.05, 4.69) is 9.71 Å². The summed E-state index contributed by atoms with van der Waals surface area (Å²) in [6.45, 7) is 0. The van der Waals surface area contributed by atoms with E-state index in [1.807, 2.05) is 0 Å². The molecule has 26 heavy (non-hydrogen) atoms. The Bertz CT molecular complexity index is 1090. The third-order valence-electron chi connectivity index (χ3n) is 3.81. The number of hydrogen-bond acceptors (Lipinski definition) is 6. The number of ether oxygens (including phenoxy) is 2. The molecular formula is C17H15N2O6S-. The van der Waals surface area contributed by atoms with Gasteiger partial charge in [0.15, 0.2) is 0 Å². The normalized spacial score (nSPS) is 11.3. The Morgan fingerprint density at radius 2 is 1.85 bits per heavy atom. The Kier molecular flexibility index (Phi) is 4.47. The number of carboxylic acids is 1. The van der Waals surface area contributed by atoms with Gasteiger partial charge in [0.2, 0.25) is 0 Å². The van der Waals surface area contributed by atoms with Crippen molar-refractivity contribution in [2.45, 2.75) is 4.90 Å². The van der Waals surface area contributed by atoms with Crippen LogP contribution in [0.3, 0.4) is 0 Å². The number of anilines is 1. The molecule has 1 heterocycles. The molecule has 0 spiro atoms. The van der Waals surface area contributed by atoms with E-state index in [1.165, 1.54) is 32.4 Å². The largest absolute Gasteiger partial charge is 0.543 e.